The molecule has 0 bridgehead atoms. The highest BCUT2D eigenvalue weighted by atomic mass is 32.2. The smallest absolute Gasteiger partial charge is 0.339 e. The van der Waals surface area contributed by atoms with E-state index < -0.39 is 21.1 Å². The highest BCUT2D eigenvalue weighted by molar-refractivity contribution is 7.87. The zero-order valence-electron chi connectivity index (χ0n) is 26.6. The fourth-order valence-electron chi connectivity index (χ4n) is 6.23. The van der Waals surface area contributed by atoms with Crippen LogP contribution in [-0.2, 0) is 16.5 Å². The van der Waals surface area contributed by atoms with Crippen LogP contribution in [0.5, 0.6) is 17.2 Å². The number of nitrogens with zero attached hydrogens (tertiary/aromatic N) is 3. The van der Waals surface area contributed by atoms with Crippen molar-refractivity contribution in [2.24, 2.45) is 4.99 Å². The van der Waals surface area contributed by atoms with E-state index in [1.54, 1.807) is 37.0 Å². The second-order valence-electron chi connectivity index (χ2n) is 11.5. The first-order chi connectivity index (χ1) is 23.6. The van der Waals surface area contributed by atoms with E-state index in [2.05, 4.69) is 12.1 Å². The highest BCUT2D eigenvalue weighted by Crippen LogP contribution is 2.42. The standard InChI is InChI=1S/C36H29N3O8S2/c1-21-8-15-26(20-29(21)39(41)42)49(43,44)47-25-13-9-22(10-14-25)18-32-35(40)38-34(24-12-17-30(45-2)31(19-24)46-3)28-16-11-23-6-4-5-7-27(23)33(28)37-36(38)48-32/h4-10,12-15,17-20,34H,11,16H2,1-3H3/b32-18-/t34-/m0/s1. The largest absolute Gasteiger partial charge is 0.493 e. The normalized spacial score (nSPS) is 15.5. The molecule has 1 aliphatic carbocycles. The first kappa shape index (κ1) is 32.0. The van der Waals surface area contributed by atoms with Gasteiger partial charge < -0.3 is 13.7 Å². The Morgan fingerprint density at radius 1 is 0.959 bits per heavy atom. The highest BCUT2D eigenvalue weighted by Gasteiger charge is 2.33. The predicted molar refractivity (Wildman–Crippen MR) is 184 cm³/mol. The number of hydrogen-bond donors (Lipinski definition) is 0. The van der Waals surface area contributed by atoms with Gasteiger partial charge in [0.2, 0.25) is 0 Å². The summed E-state index contributed by atoms with van der Waals surface area (Å²) in [6.07, 6.45) is 3.29. The lowest BCUT2D eigenvalue weighted by Gasteiger charge is -2.31. The molecule has 0 fully saturated rings. The van der Waals surface area contributed by atoms with Gasteiger partial charge in [0.05, 0.1) is 35.4 Å². The van der Waals surface area contributed by atoms with E-state index in [0.717, 1.165) is 41.3 Å². The lowest BCUT2D eigenvalue weighted by Crippen LogP contribution is -2.38. The molecule has 2 heterocycles. The van der Waals surface area contributed by atoms with Crippen LogP contribution < -0.4 is 28.5 Å². The van der Waals surface area contributed by atoms with Crippen LogP contribution in [0.15, 0.2) is 105 Å². The lowest BCUT2D eigenvalue weighted by atomic mass is 9.83. The van der Waals surface area contributed by atoms with Crippen LogP contribution in [0.1, 0.15) is 40.3 Å². The summed E-state index contributed by atoms with van der Waals surface area (Å²) in [6, 6.07) is 23.3. The number of aryl methyl sites for hydroxylation is 2. The van der Waals surface area contributed by atoms with Gasteiger partial charge in [-0.3, -0.25) is 19.5 Å². The zero-order valence-corrected chi connectivity index (χ0v) is 28.2. The van der Waals surface area contributed by atoms with Crippen LogP contribution in [-0.4, -0.2) is 32.1 Å². The average molecular weight is 696 g/mol. The van der Waals surface area contributed by atoms with Crippen LogP contribution in [0.4, 0.5) is 5.69 Å². The Morgan fingerprint density at radius 2 is 1.71 bits per heavy atom. The van der Waals surface area contributed by atoms with Gasteiger partial charge >= 0.3 is 10.1 Å². The Hall–Kier alpha value is -5.53. The molecule has 0 saturated carbocycles. The van der Waals surface area contributed by atoms with Gasteiger partial charge in [-0.1, -0.05) is 59.9 Å². The van der Waals surface area contributed by atoms with Gasteiger partial charge in [0.1, 0.15) is 10.6 Å². The van der Waals surface area contributed by atoms with E-state index in [1.807, 2.05) is 30.3 Å². The number of ether oxygens (including phenoxy) is 2. The molecule has 0 radical (unpaired) electrons. The number of fused-ring (bicyclic) bond motifs is 3. The molecule has 7 rings (SSSR count). The van der Waals surface area contributed by atoms with E-state index in [9.17, 15) is 23.3 Å². The van der Waals surface area contributed by atoms with Crippen molar-refractivity contribution < 1.29 is 27.0 Å². The number of thiazole rings is 1. The third-order valence-corrected chi connectivity index (χ3v) is 10.9. The first-order valence-corrected chi connectivity index (χ1v) is 17.4. The van der Waals surface area contributed by atoms with E-state index in [1.165, 1.54) is 48.1 Å². The molecule has 248 valence electrons. The van der Waals surface area contributed by atoms with Gasteiger partial charge in [0.25, 0.3) is 11.2 Å². The number of nitro groups is 1. The maximum atomic E-state index is 14.2. The summed E-state index contributed by atoms with van der Waals surface area (Å²) in [5.74, 6) is 1.16. The number of methoxy groups -OCH3 is 2. The van der Waals surface area contributed by atoms with E-state index >= 15 is 0 Å². The van der Waals surface area contributed by atoms with Crippen LogP contribution in [0.25, 0.3) is 11.8 Å². The molecule has 0 amide bonds. The van der Waals surface area contributed by atoms with Gasteiger partial charge in [-0.15, -0.1) is 0 Å². The Morgan fingerprint density at radius 3 is 2.45 bits per heavy atom. The summed E-state index contributed by atoms with van der Waals surface area (Å²) in [5, 5.41) is 11.3. The maximum absolute atomic E-state index is 14.2. The SMILES string of the molecule is COc1ccc([C@H]2C3=C(N=c4s/c(=C\c5ccc(OS(=O)(=O)c6ccc(C)c([N+](=O)[O-])c6)cc5)c(=O)n42)c2ccccc2CC3)cc1OC. The summed E-state index contributed by atoms with van der Waals surface area (Å²) < 4.78 is 44.4. The van der Waals surface area contributed by atoms with E-state index in [0.29, 0.717) is 32.0 Å². The molecule has 1 atom stereocenters. The number of allylic oxidation sites excluding steroid dienone is 1. The Bertz CT molecular complexity index is 2480. The molecule has 4 aromatic carbocycles. The molecule has 13 heteroatoms. The molecule has 0 N–H and O–H groups in total. The molecule has 2 aliphatic rings. The van der Waals surface area contributed by atoms with Gasteiger partial charge in [0.15, 0.2) is 16.3 Å². The minimum absolute atomic E-state index is 0.0154. The van der Waals surface area contributed by atoms with Crippen molar-refractivity contribution in [1.82, 2.24) is 4.57 Å². The summed E-state index contributed by atoms with van der Waals surface area (Å²) in [5.41, 5.74) is 5.49. The van der Waals surface area contributed by atoms with Crippen molar-refractivity contribution in [3.63, 3.8) is 0 Å². The number of rotatable bonds is 8. The maximum Gasteiger partial charge on any atom is 0.339 e. The van der Waals surface area contributed by atoms with Crippen molar-refractivity contribution >= 4 is 38.9 Å². The van der Waals surface area contributed by atoms with Gasteiger partial charge in [-0.05, 0) is 78.4 Å². The topological polar surface area (TPSA) is 139 Å². The predicted octanol–water partition coefficient (Wildman–Crippen LogP) is 5.32. The third kappa shape index (κ3) is 5.80. The van der Waals surface area contributed by atoms with Crippen molar-refractivity contribution in [3.8, 4) is 17.2 Å². The van der Waals surface area contributed by atoms with Gasteiger partial charge in [0, 0.05) is 17.2 Å². The van der Waals surface area contributed by atoms with Crippen LogP contribution in [0.2, 0.25) is 0 Å². The van der Waals surface area contributed by atoms with Crippen molar-refractivity contribution in [3.05, 3.63) is 148 Å². The van der Waals surface area contributed by atoms with E-state index in [4.69, 9.17) is 18.6 Å². The number of nitro benzene ring substituents is 1. The molecule has 0 unspecified atom stereocenters. The van der Waals surface area contributed by atoms with E-state index in [-0.39, 0.29) is 21.9 Å². The monoisotopic (exact) mass is 695 g/mol. The zero-order chi connectivity index (χ0) is 34.4. The second-order valence-corrected chi connectivity index (χ2v) is 14.1. The fourth-order valence-corrected chi connectivity index (χ4v) is 8.18. The third-order valence-electron chi connectivity index (χ3n) is 8.65. The molecule has 0 saturated heterocycles. The molecule has 49 heavy (non-hydrogen) atoms. The summed E-state index contributed by atoms with van der Waals surface area (Å²) in [6.45, 7) is 1.52. The first-order valence-electron chi connectivity index (χ1n) is 15.2. The van der Waals surface area contributed by atoms with Crippen LogP contribution in [0.3, 0.4) is 0 Å². The van der Waals surface area contributed by atoms with Gasteiger partial charge in [-0.25, -0.2) is 4.99 Å². The Kier molecular flexibility index (Phi) is 8.17. The average Bonchev–Trinajstić information content (AvgIpc) is 3.41. The van der Waals surface area contributed by atoms with Crippen molar-refractivity contribution in [2.75, 3.05) is 14.2 Å². The summed E-state index contributed by atoms with van der Waals surface area (Å²) >= 11 is 1.28. The quantitative estimate of drug-likeness (QED) is 0.121. The summed E-state index contributed by atoms with van der Waals surface area (Å²) in [7, 11) is -1.18. The lowest BCUT2D eigenvalue weighted by molar-refractivity contribution is -0.385. The van der Waals surface area contributed by atoms with Crippen LogP contribution >= 0.6 is 11.3 Å². The Balaban J connectivity index is 1.27. The van der Waals surface area contributed by atoms with Gasteiger partial charge in [-0.2, -0.15) is 8.42 Å². The molecule has 11 nitrogen and oxygen atoms in total. The summed E-state index contributed by atoms with van der Waals surface area (Å²) in [4.78, 5) is 30.1. The van der Waals surface area contributed by atoms with Crippen molar-refractivity contribution in [1.29, 1.82) is 0 Å². The molecule has 0 spiro atoms. The number of benzene rings is 4. The Labute approximate surface area is 285 Å². The molecule has 5 aromatic rings. The molecular weight excluding hydrogens is 667 g/mol. The minimum atomic E-state index is -4.34. The van der Waals surface area contributed by atoms with Crippen molar-refractivity contribution in [2.45, 2.75) is 30.7 Å². The fraction of sp³-hybridized carbons (Fsp3) is 0.167. The number of hydrogen-bond acceptors (Lipinski definition) is 10. The number of aromatic nitrogens is 1. The van der Waals surface area contributed by atoms with Crippen LogP contribution in [0, 0.1) is 17.0 Å². The minimum Gasteiger partial charge on any atom is -0.493 e. The molecule has 1 aliphatic heterocycles. The second kappa shape index (κ2) is 12.5. The molecule has 1 aromatic heterocycles. The molecular formula is C36H29N3O8S2.